The highest BCUT2D eigenvalue weighted by Gasteiger charge is 2.35. The van der Waals surface area contributed by atoms with Gasteiger partial charge in [0.2, 0.25) is 11.8 Å². The van der Waals surface area contributed by atoms with Crippen molar-refractivity contribution in [2.24, 2.45) is 5.92 Å². The van der Waals surface area contributed by atoms with Gasteiger partial charge >= 0.3 is 0 Å². The van der Waals surface area contributed by atoms with Crippen molar-refractivity contribution in [2.75, 3.05) is 16.8 Å². The zero-order valence-electron chi connectivity index (χ0n) is 12.8. The number of aryl methyl sites for hydroxylation is 1. The minimum absolute atomic E-state index is 0.0180. The van der Waals surface area contributed by atoms with Crippen molar-refractivity contribution in [1.82, 2.24) is 0 Å². The molecule has 1 heterocycles. The van der Waals surface area contributed by atoms with Crippen LogP contribution in [-0.2, 0) is 9.59 Å². The predicted octanol–water partition coefficient (Wildman–Crippen LogP) is 3.64. The summed E-state index contributed by atoms with van der Waals surface area (Å²) in [5.41, 5.74) is 2.58. The molecule has 3 rings (SSSR count). The van der Waals surface area contributed by atoms with Gasteiger partial charge < -0.3 is 10.2 Å². The Morgan fingerprint density at radius 3 is 2.57 bits per heavy atom. The van der Waals surface area contributed by atoms with Gasteiger partial charge in [-0.05, 0) is 42.8 Å². The van der Waals surface area contributed by atoms with Crippen molar-refractivity contribution in [3.05, 3.63) is 59.1 Å². The van der Waals surface area contributed by atoms with Crippen molar-refractivity contribution in [2.45, 2.75) is 13.3 Å². The second kappa shape index (κ2) is 6.42. The highest BCUT2D eigenvalue weighted by atomic mass is 35.5. The molecule has 1 unspecified atom stereocenters. The van der Waals surface area contributed by atoms with E-state index in [1.54, 1.807) is 29.2 Å². The van der Waals surface area contributed by atoms with E-state index >= 15 is 0 Å². The van der Waals surface area contributed by atoms with Crippen LogP contribution < -0.4 is 10.2 Å². The first-order valence-corrected chi connectivity index (χ1v) is 7.85. The second-order valence-electron chi connectivity index (χ2n) is 5.69. The molecule has 118 valence electrons. The zero-order valence-corrected chi connectivity index (χ0v) is 13.5. The van der Waals surface area contributed by atoms with Crippen LogP contribution in [0.15, 0.2) is 48.5 Å². The molecule has 1 aliphatic rings. The number of carbonyl (C=O) groups excluding carboxylic acids is 2. The molecule has 0 radical (unpaired) electrons. The van der Waals surface area contributed by atoms with Crippen LogP contribution in [0.2, 0.25) is 5.02 Å². The lowest BCUT2D eigenvalue weighted by atomic mass is 10.1. The Morgan fingerprint density at radius 1 is 1.17 bits per heavy atom. The van der Waals surface area contributed by atoms with E-state index in [0.717, 1.165) is 11.3 Å². The molecule has 0 spiro atoms. The molecule has 1 saturated heterocycles. The summed E-state index contributed by atoms with van der Waals surface area (Å²) in [6, 6.07) is 14.6. The maximum absolute atomic E-state index is 12.4. The fourth-order valence-corrected chi connectivity index (χ4v) is 2.89. The normalized spacial score (nSPS) is 17.4. The lowest BCUT2D eigenvalue weighted by Gasteiger charge is -2.19. The number of rotatable bonds is 3. The monoisotopic (exact) mass is 328 g/mol. The molecule has 1 aliphatic heterocycles. The minimum atomic E-state index is -0.349. The first-order valence-electron chi connectivity index (χ1n) is 7.47. The third-order valence-electron chi connectivity index (χ3n) is 4.01. The summed E-state index contributed by atoms with van der Waals surface area (Å²) < 4.78 is 0. The molecular weight excluding hydrogens is 312 g/mol. The topological polar surface area (TPSA) is 49.4 Å². The van der Waals surface area contributed by atoms with Crippen LogP contribution in [0.3, 0.4) is 0 Å². The van der Waals surface area contributed by atoms with E-state index in [1.807, 2.05) is 31.2 Å². The van der Waals surface area contributed by atoms with Crippen molar-refractivity contribution < 1.29 is 9.59 Å². The molecule has 4 nitrogen and oxygen atoms in total. The Morgan fingerprint density at radius 2 is 1.87 bits per heavy atom. The standard InChI is InChI=1S/C18H17ClN2O2/c1-12-4-2-3-5-16(12)21-11-13(10-17(21)22)18(23)20-15-8-6-14(19)7-9-15/h2-9,13H,10-11H2,1H3,(H,20,23). The summed E-state index contributed by atoms with van der Waals surface area (Å²) in [7, 11) is 0. The van der Waals surface area contributed by atoms with E-state index in [2.05, 4.69) is 5.32 Å². The highest BCUT2D eigenvalue weighted by molar-refractivity contribution is 6.30. The lowest BCUT2D eigenvalue weighted by molar-refractivity contribution is -0.122. The zero-order chi connectivity index (χ0) is 16.4. The van der Waals surface area contributed by atoms with Crippen LogP contribution in [0.1, 0.15) is 12.0 Å². The maximum Gasteiger partial charge on any atom is 0.229 e. The van der Waals surface area contributed by atoms with Crippen molar-refractivity contribution >= 4 is 34.8 Å². The number of hydrogen-bond donors (Lipinski definition) is 1. The summed E-state index contributed by atoms with van der Waals surface area (Å²) in [5, 5.41) is 3.46. The molecule has 1 N–H and O–H groups in total. The molecule has 0 saturated carbocycles. The van der Waals surface area contributed by atoms with E-state index in [-0.39, 0.29) is 24.2 Å². The van der Waals surface area contributed by atoms with E-state index in [9.17, 15) is 9.59 Å². The molecule has 23 heavy (non-hydrogen) atoms. The Hall–Kier alpha value is -2.33. The molecule has 1 fully saturated rings. The van der Waals surface area contributed by atoms with Crippen molar-refractivity contribution in [3.63, 3.8) is 0 Å². The van der Waals surface area contributed by atoms with Gasteiger partial charge in [0.25, 0.3) is 0 Å². The molecule has 0 bridgehead atoms. The van der Waals surface area contributed by atoms with Gasteiger partial charge in [-0.3, -0.25) is 9.59 Å². The Bertz CT molecular complexity index is 743. The predicted molar refractivity (Wildman–Crippen MR) is 91.7 cm³/mol. The molecule has 2 aromatic carbocycles. The first-order chi connectivity index (χ1) is 11.0. The van der Waals surface area contributed by atoms with Crippen LogP contribution in [0.5, 0.6) is 0 Å². The maximum atomic E-state index is 12.4. The number of amides is 2. The van der Waals surface area contributed by atoms with E-state index in [1.165, 1.54) is 0 Å². The molecule has 2 aromatic rings. The number of nitrogens with zero attached hydrogens (tertiary/aromatic N) is 1. The van der Waals surface area contributed by atoms with E-state index in [4.69, 9.17) is 11.6 Å². The molecule has 0 aliphatic carbocycles. The van der Waals surface area contributed by atoms with Gasteiger partial charge in [0.1, 0.15) is 0 Å². The van der Waals surface area contributed by atoms with Gasteiger partial charge in [-0.1, -0.05) is 29.8 Å². The van der Waals surface area contributed by atoms with Crippen molar-refractivity contribution in [1.29, 1.82) is 0 Å². The Labute approximate surface area is 140 Å². The van der Waals surface area contributed by atoms with Crippen LogP contribution >= 0.6 is 11.6 Å². The number of benzene rings is 2. The number of carbonyl (C=O) groups is 2. The molecule has 1 atom stereocenters. The number of para-hydroxylation sites is 1. The molecule has 5 heteroatoms. The number of hydrogen-bond acceptors (Lipinski definition) is 2. The third kappa shape index (κ3) is 3.37. The molecule has 0 aromatic heterocycles. The van der Waals surface area contributed by atoms with Gasteiger partial charge in [-0.15, -0.1) is 0 Å². The van der Waals surface area contributed by atoms with Gasteiger partial charge in [-0.2, -0.15) is 0 Å². The number of nitrogens with one attached hydrogen (secondary N) is 1. The number of halogens is 1. The largest absolute Gasteiger partial charge is 0.326 e. The molecule has 2 amide bonds. The SMILES string of the molecule is Cc1ccccc1N1CC(C(=O)Nc2ccc(Cl)cc2)CC1=O. The van der Waals surface area contributed by atoms with Gasteiger partial charge in [-0.25, -0.2) is 0 Å². The van der Waals surface area contributed by atoms with E-state index < -0.39 is 0 Å². The fourth-order valence-electron chi connectivity index (χ4n) is 2.76. The lowest BCUT2D eigenvalue weighted by Crippen LogP contribution is -2.28. The summed E-state index contributed by atoms with van der Waals surface area (Å²) in [5.74, 6) is -0.509. The Kier molecular flexibility index (Phi) is 4.35. The minimum Gasteiger partial charge on any atom is -0.326 e. The quantitative estimate of drug-likeness (QED) is 0.935. The van der Waals surface area contributed by atoms with E-state index in [0.29, 0.717) is 17.3 Å². The second-order valence-corrected chi connectivity index (χ2v) is 6.12. The summed E-state index contributed by atoms with van der Waals surface area (Å²) in [6.45, 7) is 2.37. The summed E-state index contributed by atoms with van der Waals surface area (Å²) >= 11 is 5.83. The smallest absolute Gasteiger partial charge is 0.229 e. The van der Waals surface area contributed by atoms with Crippen LogP contribution in [0.25, 0.3) is 0 Å². The Balaban J connectivity index is 1.71. The average molecular weight is 329 g/mol. The van der Waals surface area contributed by atoms with Gasteiger partial charge in [0.15, 0.2) is 0 Å². The summed E-state index contributed by atoms with van der Waals surface area (Å²) in [4.78, 5) is 26.3. The van der Waals surface area contributed by atoms with Crippen LogP contribution in [-0.4, -0.2) is 18.4 Å². The van der Waals surface area contributed by atoms with Gasteiger partial charge in [0, 0.05) is 29.4 Å². The number of anilines is 2. The fraction of sp³-hybridized carbons (Fsp3) is 0.222. The molecular formula is C18H17ClN2O2. The first kappa shape index (κ1) is 15.6. The third-order valence-corrected chi connectivity index (χ3v) is 4.27. The van der Waals surface area contributed by atoms with Crippen LogP contribution in [0, 0.1) is 12.8 Å². The summed E-state index contributed by atoms with van der Waals surface area (Å²) in [6.07, 6.45) is 0.230. The van der Waals surface area contributed by atoms with Crippen molar-refractivity contribution in [3.8, 4) is 0 Å². The van der Waals surface area contributed by atoms with Gasteiger partial charge in [0.05, 0.1) is 5.92 Å². The average Bonchev–Trinajstić information content (AvgIpc) is 2.92. The van der Waals surface area contributed by atoms with Crippen LogP contribution in [0.4, 0.5) is 11.4 Å². The highest BCUT2D eigenvalue weighted by Crippen LogP contribution is 2.28.